The maximum absolute atomic E-state index is 13.1. The smallest absolute Gasteiger partial charge is 0.332 e. The van der Waals surface area contributed by atoms with E-state index in [1.165, 1.54) is 4.57 Å². The predicted octanol–water partition coefficient (Wildman–Crippen LogP) is 1.48. The Labute approximate surface area is 171 Å². The Bertz CT molecular complexity index is 1200. The SMILES string of the molecule is COc1ccc(N2CCCn3c2nc2c3c(=O)n(CCCO)c(=O)n2C)cc1Cl. The number of hydrogen-bond acceptors (Lipinski definition) is 6. The van der Waals surface area contributed by atoms with E-state index in [1.54, 1.807) is 26.3 Å². The second-order valence-electron chi connectivity index (χ2n) is 6.94. The minimum atomic E-state index is -0.439. The van der Waals surface area contributed by atoms with Gasteiger partial charge in [0, 0.05) is 39.0 Å². The third-order valence-electron chi connectivity index (χ3n) is 5.20. The summed E-state index contributed by atoms with van der Waals surface area (Å²) in [6.07, 6.45) is 1.14. The summed E-state index contributed by atoms with van der Waals surface area (Å²) in [6.45, 7) is 1.40. The molecular formula is C19H22ClN5O4. The standard InChI is InChI=1S/C19H22ClN5O4/c1-22-16-15(17(27)25(19(22)28)9-4-10-26)24-8-3-7-23(18(24)21-16)12-5-6-14(29-2)13(20)11-12/h5-6,11,26H,3-4,7-10H2,1-2H3. The lowest BCUT2D eigenvalue weighted by molar-refractivity contribution is 0.277. The molecular weight excluding hydrogens is 398 g/mol. The molecule has 1 N–H and O–H groups in total. The molecule has 0 bridgehead atoms. The maximum atomic E-state index is 13.1. The van der Waals surface area contributed by atoms with E-state index in [9.17, 15) is 9.59 Å². The molecule has 0 amide bonds. The molecule has 0 fully saturated rings. The van der Waals surface area contributed by atoms with Gasteiger partial charge in [-0.05, 0) is 31.0 Å². The van der Waals surface area contributed by atoms with Gasteiger partial charge in [0.1, 0.15) is 5.75 Å². The van der Waals surface area contributed by atoms with Crippen molar-refractivity contribution in [1.29, 1.82) is 0 Å². The number of fused-ring (bicyclic) bond motifs is 3. The number of nitrogens with zero attached hydrogens (tertiary/aromatic N) is 5. The molecule has 0 saturated carbocycles. The predicted molar refractivity (Wildman–Crippen MR) is 111 cm³/mol. The summed E-state index contributed by atoms with van der Waals surface area (Å²) in [5.74, 6) is 1.18. The number of anilines is 2. The molecule has 10 heteroatoms. The Morgan fingerprint density at radius 1 is 1.28 bits per heavy atom. The van der Waals surface area contributed by atoms with Crippen LogP contribution in [0.25, 0.3) is 11.2 Å². The number of imidazole rings is 1. The highest BCUT2D eigenvalue weighted by atomic mass is 35.5. The van der Waals surface area contributed by atoms with Gasteiger partial charge in [0.2, 0.25) is 5.95 Å². The lowest BCUT2D eigenvalue weighted by atomic mass is 10.2. The zero-order chi connectivity index (χ0) is 20.7. The molecule has 1 aliphatic heterocycles. The third kappa shape index (κ3) is 3.10. The van der Waals surface area contributed by atoms with Gasteiger partial charge in [-0.2, -0.15) is 4.98 Å². The fraction of sp³-hybridized carbons (Fsp3) is 0.421. The van der Waals surface area contributed by atoms with E-state index in [4.69, 9.17) is 21.4 Å². The molecule has 4 rings (SSSR count). The summed E-state index contributed by atoms with van der Waals surface area (Å²) in [5, 5.41) is 9.58. The summed E-state index contributed by atoms with van der Waals surface area (Å²) < 4.78 is 9.63. The Morgan fingerprint density at radius 3 is 2.76 bits per heavy atom. The Balaban J connectivity index is 1.91. The first-order valence-electron chi connectivity index (χ1n) is 9.40. The van der Waals surface area contributed by atoms with Crippen LogP contribution in [0.3, 0.4) is 0 Å². The van der Waals surface area contributed by atoms with E-state index in [0.717, 1.165) is 16.7 Å². The van der Waals surface area contributed by atoms with Crippen molar-refractivity contribution in [3.63, 3.8) is 0 Å². The number of halogens is 1. The van der Waals surface area contributed by atoms with Crippen molar-refractivity contribution < 1.29 is 9.84 Å². The minimum absolute atomic E-state index is 0.0931. The molecule has 29 heavy (non-hydrogen) atoms. The molecule has 9 nitrogen and oxygen atoms in total. The van der Waals surface area contributed by atoms with E-state index in [2.05, 4.69) is 4.98 Å². The van der Waals surface area contributed by atoms with Crippen LogP contribution in [0.15, 0.2) is 27.8 Å². The van der Waals surface area contributed by atoms with Gasteiger partial charge in [0.15, 0.2) is 11.2 Å². The molecule has 0 spiro atoms. The number of benzene rings is 1. The van der Waals surface area contributed by atoms with Crippen LogP contribution in [0.5, 0.6) is 5.75 Å². The van der Waals surface area contributed by atoms with Gasteiger partial charge in [0.25, 0.3) is 5.56 Å². The van der Waals surface area contributed by atoms with Gasteiger partial charge in [-0.15, -0.1) is 0 Å². The number of aliphatic hydroxyl groups is 1. The van der Waals surface area contributed by atoms with E-state index >= 15 is 0 Å². The van der Waals surface area contributed by atoms with Gasteiger partial charge in [-0.3, -0.25) is 13.9 Å². The number of ether oxygens (including phenoxy) is 1. The monoisotopic (exact) mass is 419 g/mol. The minimum Gasteiger partial charge on any atom is -0.495 e. The second-order valence-corrected chi connectivity index (χ2v) is 7.34. The van der Waals surface area contributed by atoms with E-state index in [1.807, 2.05) is 15.5 Å². The number of aliphatic hydroxyl groups excluding tert-OH is 1. The summed E-state index contributed by atoms with van der Waals surface area (Å²) in [7, 11) is 3.16. The van der Waals surface area contributed by atoms with Crippen molar-refractivity contribution in [3.8, 4) is 5.75 Å². The van der Waals surface area contributed by atoms with Crippen molar-refractivity contribution in [2.45, 2.75) is 25.9 Å². The molecule has 1 aliphatic rings. The fourth-order valence-electron chi connectivity index (χ4n) is 3.76. The van der Waals surface area contributed by atoms with Gasteiger partial charge in [0.05, 0.1) is 12.1 Å². The number of hydrogen-bond donors (Lipinski definition) is 1. The van der Waals surface area contributed by atoms with E-state index < -0.39 is 5.69 Å². The average Bonchev–Trinajstić information content (AvgIpc) is 3.12. The van der Waals surface area contributed by atoms with Crippen molar-refractivity contribution in [2.75, 3.05) is 25.2 Å². The molecule has 0 atom stereocenters. The normalized spacial score (nSPS) is 13.7. The Morgan fingerprint density at radius 2 is 2.07 bits per heavy atom. The van der Waals surface area contributed by atoms with Crippen molar-refractivity contribution >= 4 is 34.4 Å². The first kappa shape index (κ1) is 19.5. The zero-order valence-electron chi connectivity index (χ0n) is 16.3. The maximum Gasteiger partial charge on any atom is 0.332 e. The van der Waals surface area contributed by atoms with Gasteiger partial charge in [-0.25, -0.2) is 4.79 Å². The summed E-state index contributed by atoms with van der Waals surface area (Å²) in [6, 6.07) is 5.48. The molecule has 154 valence electrons. The first-order chi connectivity index (χ1) is 14.0. The second kappa shape index (κ2) is 7.57. The van der Waals surface area contributed by atoms with Crippen LogP contribution in [-0.2, 0) is 20.1 Å². The highest BCUT2D eigenvalue weighted by molar-refractivity contribution is 6.32. The van der Waals surface area contributed by atoms with Crippen LogP contribution in [-0.4, -0.2) is 44.1 Å². The van der Waals surface area contributed by atoms with Gasteiger partial charge < -0.3 is 19.3 Å². The van der Waals surface area contributed by atoms with Crippen LogP contribution in [0.1, 0.15) is 12.8 Å². The van der Waals surface area contributed by atoms with Crippen LogP contribution in [0.2, 0.25) is 5.02 Å². The van der Waals surface area contributed by atoms with Gasteiger partial charge >= 0.3 is 5.69 Å². The summed E-state index contributed by atoms with van der Waals surface area (Å²) >= 11 is 6.30. The molecule has 0 radical (unpaired) electrons. The number of rotatable bonds is 5. The Kier molecular flexibility index (Phi) is 5.10. The van der Waals surface area contributed by atoms with Gasteiger partial charge in [-0.1, -0.05) is 11.6 Å². The summed E-state index contributed by atoms with van der Waals surface area (Å²) in [4.78, 5) is 32.3. The third-order valence-corrected chi connectivity index (χ3v) is 5.50. The van der Waals surface area contributed by atoms with E-state index in [-0.39, 0.29) is 18.7 Å². The molecule has 0 aliphatic carbocycles. The summed E-state index contributed by atoms with van der Waals surface area (Å²) in [5.41, 5.74) is 0.749. The molecule has 0 saturated heterocycles. The molecule has 3 aromatic rings. The number of methoxy groups -OCH3 is 1. The number of aromatic nitrogens is 4. The lowest BCUT2D eigenvalue weighted by Crippen LogP contribution is -2.40. The molecule has 0 unspecified atom stereocenters. The fourth-order valence-corrected chi connectivity index (χ4v) is 4.01. The Hall–Kier alpha value is -2.78. The molecule has 3 heterocycles. The van der Waals surface area contributed by atoms with Crippen molar-refractivity contribution in [3.05, 3.63) is 44.1 Å². The highest BCUT2D eigenvalue weighted by Crippen LogP contribution is 2.35. The average molecular weight is 420 g/mol. The van der Waals surface area contributed by atoms with Crippen LogP contribution < -0.4 is 20.9 Å². The highest BCUT2D eigenvalue weighted by Gasteiger charge is 2.27. The zero-order valence-corrected chi connectivity index (χ0v) is 17.0. The van der Waals surface area contributed by atoms with Crippen molar-refractivity contribution in [1.82, 2.24) is 18.7 Å². The number of aryl methyl sites for hydroxylation is 2. The quantitative estimate of drug-likeness (QED) is 0.673. The molecule has 2 aromatic heterocycles. The van der Waals surface area contributed by atoms with Crippen LogP contribution in [0.4, 0.5) is 11.6 Å². The van der Waals surface area contributed by atoms with Crippen LogP contribution in [0, 0.1) is 0 Å². The van der Waals surface area contributed by atoms with Crippen molar-refractivity contribution in [2.24, 2.45) is 7.05 Å². The lowest BCUT2D eigenvalue weighted by Gasteiger charge is -2.29. The topological polar surface area (TPSA) is 94.5 Å². The van der Waals surface area contributed by atoms with Crippen LogP contribution >= 0.6 is 11.6 Å². The molecule has 1 aromatic carbocycles. The first-order valence-corrected chi connectivity index (χ1v) is 9.77. The largest absolute Gasteiger partial charge is 0.495 e. The van der Waals surface area contributed by atoms with E-state index in [0.29, 0.717) is 47.4 Å².